The zero-order valence-corrected chi connectivity index (χ0v) is 75.3. The van der Waals surface area contributed by atoms with E-state index in [9.17, 15) is 24.4 Å². The van der Waals surface area contributed by atoms with Gasteiger partial charge in [0.2, 0.25) is 11.6 Å². The molecule has 131 heavy (non-hydrogen) atoms. The van der Waals surface area contributed by atoms with E-state index in [1.54, 1.807) is 32.1 Å². The molecule has 8 aromatic heterocycles. The number of benzene rings is 2. The van der Waals surface area contributed by atoms with Crippen LogP contribution in [-0.2, 0) is 41.9 Å². The van der Waals surface area contributed by atoms with Gasteiger partial charge in [-0.3, -0.25) is 49.7 Å². The second kappa shape index (κ2) is 47.2. The van der Waals surface area contributed by atoms with E-state index in [1.807, 2.05) is 102 Å². The molecular weight excluding hydrogens is 1670 g/mol. The van der Waals surface area contributed by atoms with E-state index in [0.717, 1.165) is 135 Å². The monoisotopic (exact) mass is 1790 g/mol. The zero-order valence-electron chi connectivity index (χ0n) is 75.3. The van der Waals surface area contributed by atoms with Gasteiger partial charge in [-0.2, -0.15) is 55.4 Å². The minimum Gasteiger partial charge on any atom is -0.412 e. The highest BCUT2D eigenvalue weighted by molar-refractivity contribution is 6.05. The lowest BCUT2D eigenvalue weighted by molar-refractivity contribution is -0.193. The summed E-state index contributed by atoms with van der Waals surface area (Å²) in [6, 6.07) is 44.1. The molecule has 10 aromatic rings. The SMILES string of the molecule is CC1CCN(C(=O)C2(C#N)CC2)CC1N(C)c1c(C(=N)N)cnn2cccc12.CC1CCN(Cc2ccccc2)CC1N(C)c1c(C(N)=O)cnn2cccc12.N.N#CC1CC1.N#CC1CC1.O.O=C=O.O=C=O.OO.[C-]#[N+]C1(C(=O)N2CCC(C)C(N(C)c3c(C(N)=O)cnn4cccc34)C2)CC1.[C-]#[N+]c1cnn2cccc2c1N(C)C1CN(Cc2ccccc2)CCC1C. The maximum Gasteiger partial charge on any atom is 0.373 e. The van der Waals surface area contributed by atoms with E-state index >= 15 is 0 Å². The summed E-state index contributed by atoms with van der Waals surface area (Å²) in [5, 5.41) is 62.6. The standard InChI is InChI=1S/C22H27N5O.C22H25N5.C20H25N7O.C20H24N6O2.2C4H5N.2CO2.H3N.H2O2.H2O/c1-16-10-12-26(14-17-7-4-3-5-8-17)15-20(16)25(2)21-18(22(23)28)13-24-27-11-6-9-19(21)27;1-17-11-13-26(15-18-8-5-4-6-9-18)16-21(17)25(3)22-19(23-2)14-24-27-12-7-10-20(22)27;1-13-5-9-26(19(28)20(12-21)6-7-20)11-16(13)25(2)17-14(18(22)23)10-24-27-8-3-4-15(17)27;1-13-6-10-25(19(28)20(22-2)7-8-20)12-16(13)24(3)17-14(18(21)27)11-23-26-9-4-5-15(17)26;2*5-3-4-1-2-4;2*2-1-3;;1-2;/h3-9,11,13,16,20H,10,12,14-15H2,1-2H3,(H2,23,28);4-10,12,14,17,21H,11,13,15-16H2,1,3H3;3-4,8,10,13,16H,5-7,9,11H2,1-2H3,(H3,22,23);4-5,9,11,13,16H,6-8,10,12H2,1,3H3,(H2,21,27);2*4H,1-2H2;;;1H3;1-2H;1H2. The molecule has 37 nitrogen and oxygen atoms in total. The molecule has 4 aliphatic carbocycles. The molecule has 0 radical (unpaired) electrons. The second-order valence-corrected chi connectivity index (χ2v) is 34.2. The third-order valence-corrected chi connectivity index (χ3v) is 25.6. The molecule has 8 unspecified atom stereocenters. The molecule has 4 saturated carbocycles. The number of amides is 4. The Balaban J connectivity index is 0.000000201. The van der Waals surface area contributed by atoms with Crippen molar-refractivity contribution < 1.29 is 54.3 Å². The smallest absolute Gasteiger partial charge is 0.373 e. The van der Waals surface area contributed by atoms with E-state index < -0.39 is 22.8 Å². The third-order valence-electron chi connectivity index (χ3n) is 25.6. The molecule has 4 saturated heterocycles. The van der Waals surface area contributed by atoms with Gasteiger partial charge in [-0.05, 0) is 161 Å². The van der Waals surface area contributed by atoms with Crippen LogP contribution in [0.4, 0.5) is 28.4 Å². The maximum atomic E-state index is 12.9. The molecule has 4 amide bonds. The fourth-order valence-corrected chi connectivity index (χ4v) is 17.4. The number of fused-ring (bicyclic) bond motifs is 4. The van der Waals surface area contributed by atoms with E-state index in [-0.39, 0.29) is 59.7 Å². The van der Waals surface area contributed by atoms with E-state index in [0.29, 0.717) is 116 Å². The number of nitrogens with two attached hydrogens (primary N) is 3. The number of anilines is 4. The fourth-order valence-electron chi connectivity index (χ4n) is 17.4. The van der Waals surface area contributed by atoms with Crippen molar-refractivity contribution in [2.24, 2.45) is 58.1 Å². The lowest BCUT2D eigenvalue weighted by Gasteiger charge is -2.43. The number of nitrogens with one attached hydrogen (secondary N) is 1. The number of hydrogen-bond acceptors (Lipinski definition) is 25. The van der Waals surface area contributed by atoms with Crippen molar-refractivity contribution in [1.29, 1.82) is 21.2 Å². The van der Waals surface area contributed by atoms with Crippen molar-refractivity contribution in [3.8, 4) is 18.2 Å². The first-order chi connectivity index (χ1) is 62.2. The number of likely N-dealkylation sites (N-methyl/N-ethyl adjacent to an activating group) is 4. The lowest BCUT2D eigenvalue weighted by atomic mass is 9.90. The predicted octanol–water partition coefficient (Wildman–Crippen LogP) is 10.2. The number of likely N-dealkylation sites (tertiary alicyclic amines) is 4. The molecule has 0 spiro atoms. The first-order valence-electron chi connectivity index (χ1n) is 43.1. The molecule has 12 heterocycles. The van der Waals surface area contributed by atoms with Crippen LogP contribution < -0.4 is 43.0 Å². The van der Waals surface area contributed by atoms with Gasteiger partial charge < -0.3 is 58.2 Å². The van der Waals surface area contributed by atoms with Crippen LogP contribution in [0.3, 0.4) is 0 Å². The molecule has 8 atom stereocenters. The molecule has 18 rings (SSSR count). The van der Waals surface area contributed by atoms with Gasteiger partial charge in [0.1, 0.15) is 11.3 Å². The highest BCUT2D eigenvalue weighted by Gasteiger charge is 2.61. The number of nitriles is 3. The normalized spacial score (nSPS) is 20.3. The number of nitrogens with zero attached hydrogens (tertiary/aromatic N) is 21. The van der Waals surface area contributed by atoms with Crippen LogP contribution in [0.15, 0.2) is 159 Å². The molecule has 37 heteroatoms. The van der Waals surface area contributed by atoms with Crippen LogP contribution in [0.5, 0.6) is 0 Å². The molecular formula is C94H118N26O11. The van der Waals surface area contributed by atoms with Crippen molar-refractivity contribution in [3.63, 3.8) is 0 Å². The van der Waals surface area contributed by atoms with Crippen molar-refractivity contribution in [1.82, 2.24) is 64.2 Å². The first-order valence-corrected chi connectivity index (χ1v) is 43.1. The van der Waals surface area contributed by atoms with Crippen molar-refractivity contribution >= 4 is 92.3 Å². The number of primary amides is 2. The predicted molar refractivity (Wildman–Crippen MR) is 492 cm³/mol. The molecule has 8 aliphatic rings. The summed E-state index contributed by atoms with van der Waals surface area (Å²) >= 11 is 0. The Bertz CT molecular complexity index is 5640. The van der Waals surface area contributed by atoms with Crippen molar-refractivity contribution in [3.05, 3.63) is 209 Å². The Kier molecular flexibility index (Phi) is 36.8. The summed E-state index contributed by atoms with van der Waals surface area (Å²) in [6.07, 6.45) is 25.6. The molecule has 14 N–H and O–H groups in total. The number of aromatic nitrogens is 8. The summed E-state index contributed by atoms with van der Waals surface area (Å²) in [6.45, 7) is 32.4. The van der Waals surface area contributed by atoms with E-state index in [4.69, 9.17) is 76.0 Å². The minimum atomic E-state index is -0.826. The van der Waals surface area contributed by atoms with Gasteiger partial charge in [0.05, 0.1) is 111 Å². The number of hydrogen-bond donors (Lipinski definition) is 7. The Morgan fingerprint density at radius 3 is 1.10 bits per heavy atom. The van der Waals surface area contributed by atoms with Gasteiger partial charge in [-0.25, -0.2) is 29.5 Å². The number of piperidine rings is 4. The van der Waals surface area contributed by atoms with Crippen LogP contribution in [0.1, 0.15) is 142 Å². The van der Waals surface area contributed by atoms with Crippen molar-refractivity contribution in [2.45, 2.75) is 148 Å². The molecule has 690 valence electrons. The molecule has 0 bridgehead atoms. The van der Waals surface area contributed by atoms with Gasteiger partial charge >= 0.3 is 23.7 Å². The van der Waals surface area contributed by atoms with Crippen LogP contribution in [0, 0.1) is 93.5 Å². The Morgan fingerprint density at radius 1 is 0.473 bits per heavy atom. The van der Waals surface area contributed by atoms with Crippen LogP contribution >= 0.6 is 0 Å². The Labute approximate surface area is 761 Å². The lowest BCUT2D eigenvalue weighted by Crippen LogP contribution is -2.55. The summed E-state index contributed by atoms with van der Waals surface area (Å²) in [7, 11) is 8.12. The average molecular weight is 1790 g/mol. The number of rotatable bonds is 17. The number of carbonyl (C=O) groups is 4. The van der Waals surface area contributed by atoms with Gasteiger partial charge in [0.25, 0.3) is 11.8 Å². The van der Waals surface area contributed by atoms with E-state index in [2.05, 4.69) is 180 Å². The molecule has 8 fully saturated rings. The van der Waals surface area contributed by atoms with Gasteiger partial charge in [0.15, 0.2) is 0 Å². The topological polar surface area (TPSA) is 521 Å². The largest absolute Gasteiger partial charge is 0.412 e. The van der Waals surface area contributed by atoms with Crippen molar-refractivity contribution in [2.75, 3.05) is 100 Å². The fraction of sp³-hybridized carbons (Fsp3) is 0.447. The van der Waals surface area contributed by atoms with Gasteiger partial charge in [-0.15, -0.1) is 0 Å². The summed E-state index contributed by atoms with van der Waals surface area (Å²) in [5.41, 5.74) is 27.3. The number of carbonyl (C=O) groups excluding carboxylic acids is 8. The second-order valence-electron chi connectivity index (χ2n) is 34.2. The summed E-state index contributed by atoms with van der Waals surface area (Å²) in [4.78, 5) is 107. The van der Waals surface area contributed by atoms with Gasteiger partial charge in [-0.1, -0.05) is 88.4 Å². The maximum absolute atomic E-state index is 12.9. The zero-order chi connectivity index (χ0) is 93.4. The van der Waals surface area contributed by atoms with E-state index in [1.165, 1.54) is 17.3 Å². The minimum absolute atomic E-state index is 0. The first kappa shape index (κ1) is 102. The van der Waals surface area contributed by atoms with Gasteiger partial charge in [0, 0.05) is 154 Å². The van der Waals surface area contributed by atoms with Crippen LogP contribution in [0.2, 0.25) is 0 Å². The average Bonchev–Trinajstić information content (AvgIpc) is 1.66. The molecule has 2 aromatic carbocycles. The summed E-state index contributed by atoms with van der Waals surface area (Å²) in [5.74, 6) is 1.56. The quantitative estimate of drug-likeness (QED) is 0.0146. The highest BCUT2D eigenvalue weighted by Crippen LogP contribution is 2.48. The summed E-state index contributed by atoms with van der Waals surface area (Å²) < 4.78 is 7.14. The molecule has 4 aliphatic heterocycles. The number of nitrogen functional groups attached to an aromatic ring is 1. The third kappa shape index (κ3) is 24.8. The van der Waals surface area contributed by atoms with Crippen LogP contribution in [0.25, 0.3) is 31.8 Å². The Morgan fingerprint density at radius 2 is 0.794 bits per heavy atom. The highest BCUT2D eigenvalue weighted by atomic mass is 17.0. The number of amidine groups is 1. The van der Waals surface area contributed by atoms with Crippen LogP contribution in [-0.4, -0.2) is 226 Å². The Hall–Kier alpha value is -14.3.